The van der Waals surface area contributed by atoms with E-state index in [2.05, 4.69) is 21.2 Å². The number of halogens is 1. The molecule has 0 aromatic heterocycles. The van der Waals surface area contributed by atoms with Gasteiger partial charge in [0.15, 0.2) is 0 Å². The number of amides is 1. The molecule has 0 radical (unpaired) electrons. The Hall–Kier alpha value is -2.18. The summed E-state index contributed by atoms with van der Waals surface area (Å²) in [4.78, 5) is 27.8. The fourth-order valence-corrected chi connectivity index (χ4v) is 4.89. The number of likely N-dealkylation sites (N-methyl/N-ethyl adjacent to an activating group) is 1. The summed E-state index contributed by atoms with van der Waals surface area (Å²) >= 11 is 3.45. The quantitative estimate of drug-likeness (QED) is 0.744. The van der Waals surface area contributed by atoms with E-state index in [-0.39, 0.29) is 23.8 Å². The highest BCUT2D eigenvalue weighted by Crippen LogP contribution is 2.54. The molecule has 0 saturated carbocycles. The Balaban J connectivity index is 1.88. The number of para-hydroxylation sites is 1. The second-order valence-corrected chi connectivity index (χ2v) is 8.12. The molecule has 1 amide bonds. The zero-order chi connectivity index (χ0) is 19.3. The van der Waals surface area contributed by atoms with Crippen molar-refractivity contribution in [2.24, 2.45) is 11.8 Å². The number of methoxy groups -OCH3 is 1. The fraction of sp³-hybridized carbons (Fsp3) is 0.333. The van der Waals surface area contributed by atoms with E-state index in [4.69, 9.17) is 4.74 Å². The summed E-state index contributed by atoms with van der Waals surface area (Å²) in [6.45, 7) is 1.96. The van der Waals surface area contributed by atoms with Crippen LogP contribution >= 0.6 is 15.9 Å². The molecule has 2 aromatic rings. The van der Waals surface area contributed by atoms with Crippen molar-refractivity contribution < 1.29 is 14.3 Å². The minimum Gasteiger partial charge on any atom is -0.469 e. The molecule has 2 heterocycles. The molecule has 140 valence electrons. The largest absolute Gasteiger partial charge is 0.469 e. The lowest BCUT2D eigenvalue weighted by atomic mass is 9.76. The van der Waals surface area contributed by atoms with E-state index in [1.54, 1.807) is 11.9 Å². The Labute approximate surface area is 166 Å². The average Bonchev–Trinajstić information content (AvgIpc) is 3.11. The normalized spacial score (nSPS) is 29.3. The highest BCUT2D eigenvalue weighted by Gasteiger charge is 2.63. The number of nitrogens with zero attached hydrogens (tertiary/aromatic N) is 1. The maximum Gasteiger partial charge on any atom is 0.310 e. The van der Waals surface area contributed by atoms with Crippen molar-refractivity contribution in [3.8, 4) is 0 Å². The van der Waals surface area contributed by atoms with E-state index >= 15 is 0 Å². The third-order valence-electron chi connectivity index (χ3n) is 6.00. The van der Waals surface area contributed by atoms with Crippen LogP contribution in [0.25, 0.3) is 0 Å². The topological polar surface area (TPSA) is 58.6 Å². The molecule has 1 spiro atoms. The van der Waals surface area contributed by atoms with E-state index in [0.29, 0.717) is 0 Å². The highest BCUT2D eigenvalue weighted by atomic mass is 79.9. The summed E-state index contributed by atoms with van der Waals surface area (Å²) in [5, 5.41) is 3.55. The number of fused-ring (bicyclic) bond motifs is 2. The lowest BCUT2D eigenvalue weighted by molar-refractivity contribution is -0.147. The first kappa shape index (κ1) is 18.2. The van der Waals surface area contributed by atoms with Crippen molar-refractivity contribution in [2.75, 3.05) is 19.1 Å². The minimum atomic E-state index is -0.943. The van der Waals surface area contributed by atoms with Crippen molar-refractivity contribution in [3.05, 3.63) is 64.1 Å². The molecule has 4 atom stereocenters. The molecule has 4 rings (SSSR count). The van der Waals surface area contributed by atoms with Crippen molar-refractivity contribution in [1.82, 2.24) is 5.32 Å². The van der Waals surface area contributed by atoms with Gasteiger partial charge in [0.05, 0.1) is 13.0 Å². The van der Waals surface area contributed by atoms with Crippen LogP contribution in [-0.2, 0) is 19.9 Å². The molecule has 27 heavy (non-hydrogen) atoms. The predicted octanol–water partition coefficient (Wildman–Crippen LogP) is 3.39. The standard InChI is InChI=1S/C21H21BrN2O3/c1-12-17(19(25)27-3)18(13-8-10-14(22)11-9-13)23-21(12)15-6-4-5-7-16(15)24(2)20(21)26/h4-12,17-18,23H,1-3H3/t12-,17-,18-,21-/m0/s1. The highest BCUT2D eigenvalue weighted by molar-refractivity contribution is 9.10. The Morgan fingerprint density at radius 3 is 2.52 bits per heavy atom. The van der Waals surface area contributed by atoms with Gasteiger partial charge in [0, 0.05) is 34.7 Å². The monoisotopic (exact) mass is 428 g/mol. The molecule has 1 N–H and O–H groups in total. The molecule has 1 saturated heterocycles. The third kappa shape index (κ3) is 2.47. The Morgan fingerprint density at radius 2 is 1.85 bits per heavy atom. The van der Waals surface area contributed by atoms with Gasteiger partial charge in [-0.15, -0.1) is 0 Å². The Morgan fingerprint density at radius 1 is 1.19 bits per heavy atom. The van der Waals surface area contributed by atoms with Crippen LogP contribution in [0, 0.1) is 11.8 Å². The average molecular weight is 429 g/mol. The van der Waals surface area contributed by atoms with E-state index in [1.807, 2.05) is 55.5 Å². The van der Waals surface area contributed by atoms with Crippen LogP contribution in [0.15, 0.2) is 53.0 Å². The van der Waals surface area contributed by atoms with Crippen molar-refractivity contribution in [2.45, 2.75) is 18.5 Å². The molecule has 0 bridgehead atoms. The van der Waals surface area contributed by atoms with Gasteiger partial charge in [0.1, 0.15) is 5.54 Å². The number of carbonyl (C=O) groups is 2. The van der Waals surface area contributed by atoms with Gasteiger partial charge in [-0.1, -0.05) is 53.2 Å². The molecule has 2 aliphatic heterocycles. The Bertz CT molecular complexity index is 914. The maximum atomic E-state index is 13.4. The number of hydrogen-bond donors (Lipinski definition) is 1. The van der Waals surface area contributed by atoms with Crippen LogP contribution in [0.2, 0.25) is 0 Å². The number of nitrogens with one attached hydrogen (secondary N) is 1. The summed E-state index contributed by atoms with van der Waals surface area (Å²) in [6.07, 6.45) is 0. The van der Waals surface area contributed by atoms with Gasteiger partial charge in [-0.2, -0.15) is 0 Å². The summed E-state index contributed by atoms with van der Waals surface area (Å²) < 4.78 is 6.08. The fourth-order valence-electron chi connectivity index (χ4n) is 4.63. The summed E-state index contributed by atoms with van der Waals surface area (Å²) in [7, 11) is 3.18. The van der Waals surface area contributed by atoms with Crippen LogP contribution in [0.3, 0.4) is 0 Å². The molecule has 2 aromatic carbocycles. The van der Waals surface area contributed by atoms with Crippen LogP contribution in [0.1, 0.15) is 24.1 Å². The van der Waals surface area contributed by atoms with Crippen LogP contribution < -0.4 is 10.2 Å². The van der Waals surface area contributed by atoms with Gasteiger partial charge in [-0.05, 0) is 23.8 Å². The molecular formula is C21H21BrN2O3. The number of hydrogen-bond acceptors (Lipinski definition) is 4. The van der Waals surface area contributed by atoms with Crippen molar-refractivity contribution >= 4 is 33.5 Å². The van der Waals surface area contributed by atoms with Crippen LogP contribution in [0.5, 0.6) is 0 Å². The van der Waals surface area contributed by atoms with Crippen molar-refractivity contribution in [3.63, 3.8) is 0 Å². The number of rotatable bonds is 2. The first-order chi connectivity index (χ1) is 12.9. The lowest BCUT2D eigenvalue weighted by Crippen LogP contribution is -2.50. The molecule has 5 nitrogen and oxygen atoms in total. The second-order valence-electron chi connectivity index (χ2n) is 7.20. The maximum absolute atomic E-state index is 13.4. The van der Waals surface area contributed by atoms with Gasteiger partial charge in [-0.25, -0.2) is 0 Å². The van der Waals surface area contributed by atoms with E-state index in [0.717, 1.165) is 21.3 Å². The number of esters is 1. The smallest absolute Gasteiger partial charge is 0.310 e. The molecule has 1 fully saturated rings. The summed E-state index contributed by atoms with van der Waals surface area (Å²) in [5.41, 5.74) is 1.81. The SMILES string of the molecule is COC(=O)[C@@H]1[C@H](c2ccc(Br)cc2)N[C@@]2(C(=O)N(C)c3ccccc32)[C@H]1C. The number of anilines is 1. The lowest BCUT2D eigenvalue weighted by Gasteiger charge is -2.29. The molecule has 6 heteroatoms. The first-order valence-corrected chi connectivity index (χ1v) is 9.69. The zero-order valence-electron chi connectivity index (χ0n) is 15.4. The predicted molar refractivity (Wildman–Crippen MR) is 106 cm³/mol. The van der Waals surface area contributed by atoms with Crippen LogP contribution in [0.4, 0.5) is 5.69 Å². The summed E-state index contributed by atoms with van der Waals surface area (Å²) in [5.74, 6) is -1.08. The van der Waals surface area contributed by atoms with E-state index in [1.165, 1.54) is 7.11 Å². The van der Waals surface area contributed by atoms with Crippen molar-refractivity contribution in [1.29, 1.82) is 0 Å². The zero-order valence-corrected chi connectivity index (χ0v) is 17.0. The van der Waals surface area contributed by atoms with Gasteiger partial charge in [-0.3, -0.25) is 14.9 Å². The van der Waals surface area contributed by atoms with Gasteiger partial charge >= 0.3 is 5.97 Å². The molecule has 2 aliphatic rings. The summed E-state index contributed by atoms with van der Waals surface area (Å²) in [6, 6.07) is 15.3. The van der Waals surface area contributed by atoms with E-state index < -0.39 is 11.5 Å². The molecule has 0 aliphatic carbocycles. The number of carbonyl (C=O) groups excluding carboxylic acids is 2. The van der Waals surface area contributed by atoms with Gasteiger partial charge < -0.3 is 9.64 Å². The second kappa shape index (κ2) is 6.46. The number of benzene rings is 2. The van der Waals surface area contributed by atoms with Crippen LogP contribution in [-0.4, -0.2) is 26.0 Å². The first-order valence-electron chi connectivity index (χ1n) is 8.90. The van der Waals surface area contributed by atoms with E-state index in [9.17, 15) is 9.59 Å². The molecular weight excluding hydrogens is 408 g/mol. The number of ether oxygens (including phenoxy) is 1. The minimum absolute atomic E-state index is 0.0373. The van der Waals surface area contributed by atoms with Gasteiger partial charge in [0.2, 0.25) is 0 Å². The van der Waals surface area contributed by atoms with Gasteiger partial charge in [0.25, 0.3) is 5.91 Å². The molecule has 0 unspecified atom stereocenters. The Kier molecular flexibility index (Phi) is 4.35. The third-order valence-corrected chi connectivity index (χ3v) is 6.53.